The molecule has 0 atom stereocenters. The third-order valence-corrected chi connectivity index (χ3v) is 6.05. The van der Waals surface area contributed by atoms with E-state index in [1.807, 2.05) is 12.1 Å². The quantitative estimate of drug-likeness (QED) is 0.826. The van der Waals surface area contributed by atoms with Gasteiger partial charge in [-0.25, -0.2) is 13.1 Å². The summed E-state index contributed by atoms with van der Waals surface area (Å²) < 4.78 is 31.7. The first-order chi connectivity index (χ1) is 11.1. The molecule has 3 rings (SSSR count). The van der Waals surface area contributed by atoms with Crippen LogP contribution in [-0.4, -0.2) is 66.3 Å². The van der Waals surface area contributed by atoms with Crippen LogP contribution in [0.2, 0.25) is 0 Å². The van der Waals surface area contributed by atoms with Gasteiger partial charge in [0.2, 0.25) is 10.0 Å². The van der Waals surface area contributed by atoms with Gasteiger partial charge in [0, 0.05) is 38.4 Å². The average molecular weight is 339 g/mol. The van der Waals surface area contributed by atoms with Crippen molar-refractivity contribution in [3.05, 3.63) is 23.8 Å². The lowest BCUT2D eigenvalue weighted by Gasteiger charge is -2.28. The highest BCUT2D eigenvalue weighted by molar-refractivity contribution is 7.89. The van der Waals surface area contributed by atoms with Gasteiger partial charge in [-0.3, -0.25) is 4.90 Å². The molecule has 0 aromatic heterocycles. The molecule has 2 aliphatic rings. The maximum Gasteiger partial charge on any atom is 0.240 e. The minimum absolute atomic E-state index is 0.346. The molecule has 7 heteroatoms. The number of morpholine rings is 1. The number of hydrogen-bond acceptors (Lipinski definition) is 5. The van der Waals surface area contributed by atoms with E-state index in [0.717, 1.165) is 64.5 Å². The van der Waals surface area contributed by atoms with Crippen LogP contribution in [0.15, 0.2) is 23.1 Å². The second-order valence-corrected chi connectivity index (χ2v) is 7.93. The van der Waals surface area contributed by atoms with Crippen molar-refractivity contribution >= 4 is 15.7 Å². The first-order valence-corrected chi connectivity index (χ1v) is 9.70. The lowest BCUT2D eigenvalue weighted by molar-refractivity contribution is 0.0376. The van der Waals surface area contributed by atoms with E-state index in [2.05, 4.69) is 14.5 Å². The van der Waals surface area contributed by atoms with E-state index >= 15 is 0 Å². The number of ether oxygens (including phenoxy) is 1. The molecule has 0 aliphatic carbocycles. The van der Waals surface area contributed by atoms with Crippen molar-refractivity contribution in [1.82, 2.24) is 9.62 Å². The summed E-state index contributed by atoms with van der Waals surface area (Å²) in [4.78, 5) is 5.09. The maximum atomic E-state index is 12.0. The molecule has 0 bridgehead atoms. The Morgan fingerprint density at radius 3 is 2.70 bits per heavy atom. The molecule has 0 unspecified atom stereocenters. The molecule has 128 valence electrons. The Labute approximate surface area is 138 Å². The van der Waals surface area contributed by atoms with Crippen molar-refractivity contribution in [2.24, 2.45) is 0 Å². The first kappa shape index (κ1) is 16.7. The lowest BCUT2D eigenvalue weighted by atomic mass is 10.2. The number of nitrogens with one attached hydrogen (secondary N) is 1. The van der Waals surface area contributed by atoms with Crippen LogP contribution in [0.3, 0.4) is 0 Å². The summed E-state index contributed by atoms with van der Waals surface area (Å²) in [6, 6.07) is 5.45. The smallest absolute Gasteiger partial charge is 0.240 e. The van der Waals surface area contributed by atoms with E-state index in [1.165, 1.54) is 12.6 Å². The molecule has 23 heavy (non-hydrogen) atoms. The molecule has 0 saturated carbocycles. The Bertz CT molecular complexity index is 642. The van der Waals surface area contributed by atoms with Crippen LogP contribution in [-0.2, 0) is 21.2 Å². The summed E-state index contributed by atoms with van der Waals surface area (Å²) >= 11 is 0. The maximum absolute atomic E-state index is 12.0. The van der Waals surface area contributed by atoms with Crippen LogP contribution in [0.1, 0.15) is 12.0 Å². The van der Waals surface area contributed by atoms with E-state index in [1.54, 1.807) is 6.07 Å². The van der Waals surface area contributed by atoms with E-state index in [0.29, 0.717) is 4.90 Å². The van der Waals surface area contributed by atoms with E-state index in [4.69, 9.17) is 4.74 Å². The Balaban J connectivity index is 1.62. The highest BCUT2D eigenvalue weighted by atomic mass is 32.2. The van der Waals surface area contributed by atoms with Crippen LogP contribution in [0.4, 0.5) is 5.69 Å². The number of hydrogen-bond donors (Lipinski definition) is 1. The molecular weight excluding hydrogens is 314 g/mol. The van der Waals surface area contributed by atoms with Crippen molar-refractivity contribution in [3.8, 4) is 0 Å². The second-order valence-electron chi connectivity index (χ2n) is 6.04. The van der Waals surface area contributed by atoms with E-state index in [-0.39, 0.29) is 0 Å². The van der Waals surface area contributed by atoms with Gasteiger partial charge in [0.05, 0.1) is 18.1 Å². The summed E-state index contributed by atoms with van der Waals surface area (Å²) in [6.07, 6.45) is 2.08. The predicted molar refractivity (Wildman–Crippen MR) is 90.5 cm³/mol. The molecular formula is C16H25N3O3S. The molecule has 1 aromatic rings. The van der Waals surface area contributed by atoms with Crippen molar-refractivity contribution in [2.45, 2.75) is 17.7 Å². The number of sulfonamides is 1. The predicted octanol–water partition coefficient (Wildman–Crippen LogP) is 0.680. The van der Waals surface area contributed by atoms with Gasteiger partial charge in [0.15, 0.2) is 0 Å². The van der Waals surface area contributed by atoms with Crippen LogP contribution in [0, 0.1) is 0 Å². The van der Waals surface area contributed by atoms with Gasteiger partial charge in [0.25, 0.3) is 0 Å². The minimum atomic E-state index is -3.38. The monoisotopic (exact) mass is 339 g/mol. The number of nitrogens with zero attached hydrogens (tertiary/aromatic N) is 2. The zero-order valence-corrected chi connectivity index (χ0v) is 14.4. The van der Waals surface area contributed by atoms with Gasteiger partial charge in [-0.05, 0) is 37.6 Å². The second kappa shape index (κ2) is 7.17. The fourth-order valence-electron chi connectivity index (χ4n) is 3.25. The normalized spacial score (nSPS) is 19.1. The summed E-state index contributed by atoms with van der Waals surface area (Å²) in [5, 5.41) is 0. The first-order valence-electron chi connectivity index (χ1n) is 8.22. The molecule has 1 N–H and O–H groups in total. The zero-order chi connectivity index (χ0) is 16.3. The van der Waals surface area contributed by atoms with Crippen LogP contribution < -0.4 is 9.62 Å². The van der Waals surface area contributed by atoms with Gasteiger partial charge < -0.3 is 9.64 Å². The van der Waals surface area contributed by atoms with E-state index in [9.17, 15) is 8.42 Å². The van der Waals surface area contributed by atoms with Crippen molar-refractivity contribution < 1.29 is 13.2 Å². The Kier molecular flexibility index (Phi) is 5.21. The number of anilines is 1. The molecule has 0 radical (unpaired) electrons. The average Bonchev–Trinajstić information content (AvgIpc) is 2.98. The van der Waals surface area contributed by atoms with Gasteiger partial charge >= 0.3 is 0 Å². The molecule has 1 fully saturated rings. The fraction of sp³-hybridized carbons (Fsp3) is 0.625. The Morgan fingerprint density at radius 2 is 1.96 bits per heavy atom. The molecule has 0 amide bonds. The summed E-state index contributed by atoms with van der Waals surface area (Å²) in [5.74, 6) is 0. The van der Waals surface area contributed by atoms with Gasteiger partial charge in [-0.15, -0.1) is 0 Å². The molecule has 1 aromatic carbocycles. The van der Waals surface area contributed by atoms with Gasteiger partial charge in [-0.1, -0.05) is 6.07 Å². The third-order valence-electron chi connectivity index (χ3n) is 4.63. The van der Waals surface area contributed by atoms with Crippen molar-refractivity contribution in [2.75, 3.05) is 57.9 Å². The highest BCUT2D eigenvalue weighted by Gasteiger charge is 2.22. The van der Waals surface area contributed by atoms with Gasteiger partial charge in [-0.2, -0.15) is 0 Å². The van der Waals surface area contributed by atoms with Gasteiger partial charge in [0.1, 0.15) is 0 Å². The Hall–Kier alpha value is -1.15. The zero-order valence-electron chi connectivity index (χ0n) is 13.6. The standard InChI is InChI=1S/C16H25N3O3S/c1-17-23(20,21)15-4-3-14-5-8-19(16(14)13-15)7-2-6-18-9-11-22-12-10-18/h3-4,13,17H,2,5-12H2,1H3. The van der Waals surface area contributed by atoms with E-state index < -0.39 is 10.0 Å². The van der Waals surface area contributed by atoms with Crippen LogP contribution in [0.5, 0.6) is 0 Å². The summed E-state index contributed by atoms with van der Waals surface area (Å²) in [7, 11) is -1.93. The lowest BCUT2D eigenvalue weighted by Crippen LogP contribution is -2.38. The largest absolute Gasteiger partial charge is 0.379 e. The Morgan fingerprint density at radius 1 is 1.17 bits per heavy atom. The topological polar surface area (TPSA) is 61.9 Å². The highest BCUT2D eigenvalue weighted by Crippen LogP contribution is 2.30. The fourth-order valence-corrected chi connectivity index (χ4v) is 4.00. The number of benzene rings is 1. The minimum Gasteiger partial charge on any atom is -0.379 e. The van der Waals surface area contributed by atoms with Crippen molar-refractivity contribution in [3.63, 3.8) is 0 Å². The number of fused-ring (bicyclic) bond motifs is 1. The molecule has 0 spiro atoms. The molecule has 2 heterocycles. The SMILES string of the molecule is CNS(=O)(=O)c1ccc2c(c1)N(CCCN1CCOCC1)CC2. The van der Waals surface area contributed by atoms with Crippen LogP contribution in [0.25, 0.3) is 0 Å². The van der Waals surface area contributed by atoms with Crippen LogP contribution >= 0.6 is 0 Å². The summed E-state index contributed by atoms with van der Waals surface area (Å²) in [6.45, 7) is 6.70. The van der Waals surface area contributed by atoms with Crippen molar-refractivity contribution in [1.29, 1.82) is 0 Å². The molecule has 2 aliphatic heterocycles. The third kappa shape index (κ3) is 3.85. The summed E-state index contributed by atoms with van der Waals surface area (Å²) in [5.41, 5.74) is 2.31. The molecule has 6 nitrogen and oxygen atoms in total. The molecule has 1 saturated heterocycles. The number of rotatable bonds is 6.